The van der Waals surface area contributed by atoms with E-state index in [9.17, 15) is 14.4 Å². The van der Waals surface area contributed by atoms with E-state index in [1.54, 1.807) is 0 Å². The monoisotopic (exact) mass is 576 g/mol. The summed E-state index contributed by atoms with van der Waals surface area (Å²) >= 11 is -3.21. The molecular weight excluding hydrogens is 519 g/mol. The van der Waals surface area contributed by atoms with Crippen molar-refractivity contribution in [2.45, 2.75) is 125 Å². The average molecular weight is 577 g/mol. The minimum absolute atomic E-state index is 0.0887. The van der Waals surface area contributed by atoms with Gasteiger partial charge in [-0.05, 0) is 0 Å². The van der Waals surface area contributed by atoms with Gasteiger partial charge in [-0.2, -0.15) is 0 Å². The Labute approximate surface area is 250 Å². The van der Waals surface area contributed by atoms with Crippen molar-refractivity contribution in [3.05, 3.63) is 35.5 Å². The average Bonchev–Trinajstić information content (AvgIpc) is 2.67. The van der Waals surface area contributed by atoms with Gasteiger partial charge in [0.1, 0.15) is 0 Å². The van der Waals surface area contributed by atoms with Gasteiger partial charge in [0.15, 0.2) is 17.3 Å². The fourth-order valence-electron chi connectivity index (χ4n) is 2.67. The molecule has 0 unspecified atom stereocenters. The molecule has 0 aromatic rings. The predicted molar refractivity (Wildman–Crippen MR) is 165 cm³/mol. The summed E-state index contributed by atoms with van der Waals surface area (Å²) in [4.78, 5) is 39.1. The van der Waals surface area contributed by atoms with Crippen molar-refractivity contribution in [2.24, 2.45) is 32.5 Å². The molecule has 0 heterocycles. The molecule has 0 aliphatic heterocycles. The van der Waals surface area contributed by atoms with Crippen LogP contribution < -0.4 is 0 Å². The molecule has 228 valence electrons. The Morgan fingerprint density at radius 3 is 0.675 bits per heavy atom. The molecule has 0 spiro atoms. The summed E-state index contributed by atoms with van der Waals surface area (Å²) in [6, 6.07) is 0. The molecule has 0 aliphatic rings. The van der Waals surface area contributed by atoms with Crippen LogP contribution in [0.25, 0.3) is 0 Å². The van der Waals surface area contributed by atoms with E-state index in [0.717, 1.165) is 0 Å². The lowest BCUT2D eigenvalue weighted by molar-refractivity contribution is -0.122. The van der Waals surface area contributed by atoms with Crippen LogP contribution in [0.1, 0.15) is 125 Å². The van der Waals surface area contributed by atoms with E-state index in [-0.39, 0.29) is 17.3 Å². The van der Waals surface area contributed by atoms with E-state index in [1.807, 2.05) is 125 Å². The van der Waals surface area contributed by atoms with Gasteiger partial charge in [-0.15, -0.1) is 0 Å². The first-order valence-electron chi connectivity index (χ1n) is 14.2. The van der Waals surface area contributed by atoms with Crippen LogP contribution in [0.4, 0.5) is 0 Å². The van der Waals surface area contributed by atoms with Crippen LogP contribution in [0.15, 0.2) is 35.5 Å². The van der Waals surface area contributed by atoms with Gasteiger partial charge in [0, 0.05) is 50.7 Å². The Morgan fingerprint density at radius 2 is 0.550 bits per heavy atom. The van der Waals surface area contributed by atoms with E-state index in [4.69, 9.17) is 11.4 Å². The van der Waals surface area contributed by atoms with Gasteiger partial charge in [0.2, 0.25) is 0 Å². The fraction of sp³-hybridized carbons (Fsp3) is 0.727. The van der Waals surface area contributed by atoms with Gasteiger partial charge >= 0.3 is 15.1 Å². The van der Waals surface area contributed by atoms with E-state index in [0.29, 0.717) is 17.3 Å². The third-order valence-corrected chi connectivity index (χ3v) is 7.23. The minimum Gasteiger partial charge on any atom is -0.580 e. The van der Waals surface area contributed by atoms with Crippen LogP contribution in [-0.2, 0) is 25.7 Å². The molecule has 0 amide bonds. The summed E-state index contributed by atoms with van der Waals surface area (Å²) in [5.41, 5.74) is -3.45. The molecule has 0 aromatic heterocycles. The largest absolute Gasteiger partial charge is 1.20 e. The first-order valence-corrected chi connectivity index (χ1v) is 15.6. The summed E-state index contributed by atoms with van der Waals surface area (Å²) < 4.78 is 19.5. The van der Waals surface area contributed by atoms with Crippen molar-refractivity contribution in [1.82, 2.24) is 0 Å². The second-order valence-corrected chi connectivity index (χ2v) is 18.0. The summed E-state index contributed by atoms with van der Waals surface area (Å²) in [5.74, 6) is 1.01. The van der Waals surface area contributed by atoms with E-state index >= 15 is 0 Å². The standard InChI is InChI=1S/3C11H20O2.Al/c3*1-10(2,3)8(12)7-9(13)11(4,5)6;/h3*7,12H,1-6H3;/q;;;+3/p-3/b3*8-7+;. The zero-order valence-electron chi connectivity index (χ0n) is 28.8. The van der Waals surface area contributed by atoms with Crippen LogP contribution in [0.2, 0.25) is 0 Å². The predicted octanol–water partition coefficient (Wildman–Crippen LogP) is 8.66. The number of ketones is 3. The topological polar surface area (TPSA) is 78.9 Å². The van der Waals surface area contributed by atoms with Crippen molar-refractivity contribution in [3.8, 4) is 0 Å². The molecule has 7 heteroatoms. The summed E-state index contributed by atoms with van der Waals surface area (Å²) in [7, 11) is 0. The molecule has 0 bridgehead atoms. The van der Waals surface area contributed by atoms with Gasteiger partial charge in [-0.25, -0.2) is 0 Å². The van der Waals surface area contributed by atoms with Gasteiger partial charge in [-0.3, -0.25) is 14.4 Å². The highest BCUT2D eigenvalue weighted by molar-refractivity contribution is 6.38. The van der Waals surface area contributed by atoms with Crippen molar-refractivity contribution in [3.63, 3.8) is 0 Å². The highest BCUT2D eigenvalue weighted by Crippen LogP contribution is 2.35. The molecule has 0 aromatic carbocycles. The van der Waals surface area contributed by atoms with Crippen LogP contribution in [0.3, 0.4) is 0 Å². The lowest BCUT2D eigenvalue weighted by Crippen LogP contribution is -2.35. The second kappa shape index (κ2) is 13.0. The quantitative estimate of drug-likeness (QED) is 0.155. The van der Waals surface area contributed by atoms with Gasteiger partial charge in [0.05, 0.1) is 17.3 Å². The van der Waals surface area contributed by atoms with Crippen molar-refractivity contribution in [2.75, 3.05) is 0 Å². The molecule has 0 saturated carbocycles. The van der Waals surface area contributed by atoms with Crippen LogP contribution in [0, 0.1) is 32.5 Å². The number of carbonyl (C=O) groups is 3. The summed E-state index contributed by atoms with van der Waals surface area (Å²) in [6.07, 6.45) is 4.57. The van der Waals surface area contributed by atoms with E-state index in [1.165, 1.54) is 18.2 Å². The third kappa shape index (κ3) is 13.2. The number of allylic oxidation sites excluding steroid dienone is 6. The molecule has 0 atom stereocenters. The normalized spacial score (nSPS) is 15.0. The Morgan fingerprint density at radius 1 is 0.375 bits per heavy atom. The highest BCUT2D eigenvalue weighted by Gasteiger charge is 2.50. The first-order chi connectivity index (χ1) is 17.4. The highest BCUT2D eigenvalue weighted by atomic mass is 27.3. The SMILES string of the molecule is CC(C)(C)C(=O)/C=C(/[O][Al]([O]/C(=C/C(=O)C(C)(C)C)C(C)(C)C)[O]/C(=C/C(=O)C(C)(C)C)C(C)(C)C)C(C)(C)C. The molecule has 0 radical (unpaired) electrons. The third-order valence-electron chi connectivity index (χ3n) is 5.89. The molecule has 0 rings (SSSR count). The van der Waals surface area contributed by atoms with E-state index < -0.39 is 47.6 Å². The molecule has 40 heavy (non-hydrogen) atoms. The maximum atomic E-state index is 13.0. The number of hydrogen-bond donors (Lipinski definition) is 0. The number of rotatable bonds is 9. The number of hydrogen-bond acceptors (Lipinski definition) is 6. The van der Waals surface area contributed by atoms with Crippen molar-refractivity contribution >= 4 is 32.5 Å². The molecular formula is C33H57AlO6. The molecule has 6 nitrogen and oxygen atoms in total. The lowest BCUT2D eigenvalue weighted by atomic mass is 9.87. The van der Waals surface area contributed by atoms with Crippen molar-refractivity contribution in [1.29, 1.82) is 0 Å². The van der Waals surface area contributed by atoms with E-state index in [2.05, 4.69) is 0 Å². The van der Waals surface area contributed by atoms with Crippen LogP contribution >= 0.6 is 0 Å². The smallest absolute Gasteiger partial charge is 0.580 e. The molecule has 0 aliphatic carbocycles. The second-order valence-electron chi connectivity index (χ2n) is 16.8. The van der Waals surface area contributed by atoms with Crippen LogP contribution in [0.5, 0.6) is 0 Å². The Hall–Kier alpha value is -1.84. The summed E-state index contributed by atoms with van der Waals surface area (Å²) in [6.45, 7) is 34.2. The lowest BCUT2D eigenvalue weighted by Gasteiger charge is -2.33. The summed E-state index contributed by atoms with van der Waals surface area (Å²) in [5, 5.41) is 0. The van der Waals surface area contributed by atoms with Crippen molar-refractivity contribution < 1.29 is 25.7 Å². The maximum absolute atomic E-state index is 13.0. The number of carbonyl (C=O) groups excluding carboxylic acids is 3. The van der Waals surface area contributed by atoms with Gasteiger partial charge in [0.25, 0.3) is 0 Å². The Kier molecular flexibility index (Phi) is 12.4. The van der Waals surface area contributed by atoms with Crippen LogP contribution in [-0.4, -0.2) is 32.5 Å². The van der Waals surface area contributed by atoms with Gasteiger partial charge in [-0.1, -0.05) is 125 Å². The molecule has 0 saturated heterocycles. The minimum atomic E-state index is -3.21. The molecule has 0 fully saturated rings. The Bertz CT molecular complexity index is 885. The Balaban J connectivity index is 7.14. The maximum Gasteiger partial charge on any atom is 1.20 e. The first kappa shape index (κ1) is 38.2. The fourth-order valence-corrected chi connectivity index (χ4v) is 4.70. The zero-order chi connectivity index (χ0) is 32.3. The van der Waals surface area contributed by atoms with Gasteiger partial charge < -0.3 is 11.4 Å². The zero-order valence-corrected chi connectivity index (χ0v) is 29.9. The molecule has 0 N–H and O–H groups in total.